The number of guanidine groups is 1. The molecule has 1 N–H and O–H groups in total. The van der Waals surface area contributed by atoms with E-state index in [1.807, 2.05) is 0 Å². The van der Waals surface area contributed by atoms with Crippen molar-refractivity contribution in [2.24, 2.45) is 16.3 Å². The molecule has 0 amide bonds. The molecule has 2 aliphatic heterocycles. The molecule has 0 radical (unpaired) electrons. The molecule has 5 nitrogen and oxygen atoms in total. The first-order valence-electron chi connectivity index (χ1n) is 11.1. The van der Waals surface area contributed by atoms with E-state index >= 15 is 0 Å². The van der Waals surface area contributed by atoms with E-state index in [-0.39, 0.29) is 24.0 Å². The van der Waals surface area contributed by atoms with Crippen LogP contribution < -0.4 is 5.32 Å². The fourth-order valence-corrected chi connectivity index (χ4v) is 5.10. The van der Waals surface area contributed by atoms with Crippen LogP contribution in [0.25, 0.3) is 0 Å². The zero-order valence-corrected chi connectivity index (χ0v) is 20.2. The van der Waals surface area contributed by atoms with Crippen LogP contribution >= 0.6 is 24.0 Å². The Kier molecular flexibility index (Phi) is 9.62. The Morgan fingerprint density at radius 2 is 1.67 bits per heavy atom. The van der Waals surface area contributed by atoms with Gasteiger partial charge in [0, 0.05) is 58.9 Å². The molecule has 0 aromatic heterocycles. The molecule has 0 aromatic carbocycles. The molecule has 3 fully saturated rings. The van der Waals surface area contributed by atoms with Crippen molar-refractivity contribution in [2.75, 3.05) is 65.4 Å². The average molecular weight is 492 g/mol. The summed E-state index contributed by atoms with van der Waals surface area (Å²) in [6, 6.07) is 0. The van der Waals surface area contributed by atoms with Crippen molar-refractivity contribution in [3.8, 4) is 0 Å². The Labute approximate surface area is 184 Å². The van der Waals surface area contributed by atoms with E-state index in [2.05, 4.69) is 40.8 Å². The zero-order valence-electron chi connectivity index (χ0n) is 17.9. The summed E-state index contributed by atoms with van der Waals surface area (Å²) in [5, 5.41) is 3.56. The predicted octanol–water partition coefficient (Wildman–Crippen LogP) is 3.11. The molecule has 2 saturated heterocycles. The smallest absolute Gasteiger partial charge is 0.193 e. The number of hydrogen-bond donors (Lipinski definition) is 1. The molecule has 1 atom stereocenters. The zero-order chi connectivity index (χ0) is 18.4. The lowest BCUT2D eigenvalue weighted by atomic mass is 9.86. The molecule has 0 aromatic rings. The van der Waals surface area contributed by atoms with E-state index < -0.39 is 0 Å². The van der Waals surface area contributed by atoms with Gasteiger partial charge in [0.2, 0.25) is 0 Å². The number of hydrogen-bond acceptors (Lipinski definition) is 3. The number of likely N-dealkylation sites (N-methyl/N-ethyl adjacent to an activating group) is 1. The van der Waals surface area contributed by atoms with Gasteiger partial charge in [-0.1, -0.05) is 26.7 Å². The molecule has 27 heavy (non-hydrogen) atoms. The molecule has 158 valence electrons. The fraction of sp³-hybridized carbons (Fsp3) is 0.952. The second-order valence-corrected chi connectivity index (χ2v) is 8.91. The van der Waals surface area contributed by atoms with Gasteiger partial charge in [-0.15, -0.1) is 24.0 Å². The lowest BCUT2D eigenvalue weighted by Crippen LogP contribution is -2.47. The maximum atomic E-state index is 5.04. The van der Waals surface area contributed by atoms with E-state index in [0.29, 0.717) is 11.3 Å². The highest BCUT2D eigenvalue weighted by Gasteiger charge is 2.41. The van der Waals surface area contributed by atoms with E-state index in [1.165, 1.54) is 90.4 Å². The molecule has 6 heteroatoms. The van der Waals surface area contributed by atoms with Gasteiger partial charge < -0.3 is 20.0 Å². The third-order valence-corrected chi connectivity index (χ3v) is 6.77. The molecule has 2 heterocycles. The van der Waals surface area contributed by atoms with Gasteiger partial charge in [0.15, 0.2) is 5.96 Å². The van der Waals surface area contributed by atoms with Gasteiger partial charge in [0.1, 0.15) is 0 Å². The summed E-state index contributed by atoms with van der Waals surface area (Å²) in [7, 11) is 0. The van der Waals surface area contributed by atoms with Crippen LogP contribution in [0.5, 0.6) is 0 Å². The van der Waals surface area contributed by atoms with Crippen LogP contribution in [0, 0.1) is 11.3 Å². The molecule has 1 saturated carbocycles. The molecular weight excluding hydrogens is 449 g/mol. The van der Waals surface area contributed by atoms with E-state index in [4.69, 9.17) is 4.99 Å². The number of nitrogens with zero attached hydrogens (tertiary/aromatic N) is 4. The molecule has 3 aliphatic rings. The van der Waals surface area contributed by atoms with Crippen LogP contribution in [-0.4, -0.2) is 86.1 Å². The Bertz CT molecular complexity index is 455. The molecule has 1 spiro atoms. The lowest BCUT2D eigenvalue weighted by Gasteiger charge is -2.35. The first-order valence-corrected chi connectivity index (χ1v) is 11.1. The number of rotatable bonds is 6. The van der Waals surface area contributed by atoms with Gasteiger partial charge in [-0.3, -0.25) is 4.99 Å². The number of halogens is 1. The quantitative estimate of drug-likeness (QED) is 0.352. The van der Waals surface area contributed by atoms with Crippen LogP contribution in [0.1, 0.15) is 52.9 Å². The van der Waals surface area contributed by atoms with Crippen molar-refractivity contribution < 1.29 is 0 Å². The van der Waals surface area contributed by atoms with Gasteiger partial charge in [0.05, 0.1) is 0 Å². The maximum Gasteiger partial charge on any atom is 0.193 e. The topological polar surface area (TPSA) is 34.1 Å². The maximum absolute atomic E-state index is 5.04. The van der Waals surface area contributed by atoms with Crippen molar-refractivity contribution >= 4 is 29.9 Å². The third kappa shape index (κ3) is 6.46. The molecule has 1 unspecified atom stereocenters. The number of nitrogens with one attached hydrogen (secondary N) is 1. The minimum Gasteiger partial charge on any atom is -0.357 e. The number of likely N-dealkylation sites (tertiary alicyclic amines) is 1. The molecule has 1 aliphatic carbocycles. The minimum atomic E-state index is 0. The largest absolute Gasteiger partial charge is 0.357 e. The fourth-order valence-electron chi connectivity index (χ4n) is 5.10. The Morgan fingerprint density at radius 1 is 1.00 bits per heavy atom. The summed E-state index contributed by atoms with van der Waals surface area (Å²) < 4.78 is 0. The van der Waals surface area contributed by atoms with E-state index in [9.17, 15) is 0 Å². The van der Waals surface area contributed by atoms with Crippen LogP contribution in [0.15, 0.2) is 4.99 Å². The highest BCUT2D eigenvalue weighted by atomic mass is 127. The van der Waals surface area contributed by atoms with Crippen LogP contribution in [0.2, 0.25) is 0 Å². The normalized spacial score (nSPS) is 25.0. The summed E-state index contributed by atoms with van der Waals surface area (Å²) >= 11 is 0. The summed E-state index contributed by atoms with van der Waals surface area (Å²) in [6.45, 7) is 18.4. The number of aliphatic imine (C=N–C) groups is 1. The molecule has 3 rings (SSSR count). The van der Waals surface area contributed by atoms with E-state index in [0.717, 1.165) is 13.1 Å². The summed E-state index contributed by atoms with van der Waals surface area (Å²) in [5.41, 5.74) is 0.612. The first kappa shape index (κ1) is 23.2. The molecular formula is C21H42IN5. The van der Waals surface area contributed by atoms with E-state index in [1.54, 1.807) is 0 Å². The van der Waals surface area contributed by atoms with Gasteiger partial charge in [-0.25, -0.2) is 0 Å². The van der Waals surface area contributed by atoms with Crippen molar-refractivity contribution in [1.29, 1.82) is 0 Å². The minimum absolute atomic E-state index is 0. The van der Waals surface area contributed by atoms with Gasteiger partial charge >= 0.3 is 0 Å². The van der Waals surface area contributed by atoms with Crippen LogP contribution in [-0.2, 0) is 0 Å². The highest BCUT2D eigenvalue weighted by molar-refractivity contribution is 14.0. The Hall–Kier alpha value is -0.0800. The molecule has 0 bridgehead atoms. The second-order valence-electron chi connectivity index (χ2n) is 8.91. The van der Waals surface area contributed by atoms with Gasteiger partial charge in [-0.2, -0.15) is 0 Å². The van der Waals surface area contributed by atoms with Crippen molar-refractivity contribution in [1.82, 2.24) is 20.0 Å². The summed E-state index contributed by atoms with van der Waals surface area (Å²) in [6.07, 6.45) is 7.11. The Morgan fingerprint density at radius 3 is 2.30 bits per heavy atom. The average Bonchev–Trinajstić information content (AvgIpc) is 3.29. The van der Waals surface area contributed by atoms with Crippen LogP contribution in [0.4, 0.5) is 0 Å². The SMILES string of the molecule is CCNC(=NCC(C)CN1CCN(CC)CC1)N1CCC2(CCCC2)C1.I. The third-order valence-electron chi connectivity index (χ3n) is 6.77. The van der Waals surface area contributed by atoms with Crippen molar-refractivity contribution in [3.63, 3.8) is 0 Å². The predicted molar refractivity (Wildman–Crippen MR) is 126 cm³/mol. The standard InChI is InChI=1S/C21H41N5.HI/c1-4-22-20(26-11-10-21(18-26)8-6-7-9-21)23-16-19(3)17-25-14-12-24(5-2)13-15-25;/h19H,4-18H2,1-3H3,(H,22,23);1H. The van der Waals surface area contributed by atoms with Crippen molar-refractivity contribution in [2.45, 2.75) is 52.9 Å². The number of piperazine rings is 1. The highest BCUT2D eigenvalue weighted by Crippen LogP contribution is 2.45. The second kappa shape index (κ2) is 11.2. The van der Waals surface area contributed by atoms with Gasteiger partial charge in [-0.05, 0) is 44.1 Å². The monoisotopic (exact) mass is 491 g/mol. The Balaban J connectivity index is 0.00000261. The lowest BCUT2D eigenvalue weighted by molar-refractivity contribution is 0.125. The first-order chi connectivity index (χ1) is 12.6. The van der Waals surface area contributed by atoms with Crippen LogP contribution in [0.3, 0.4) is 0 Å². The summed E-state index contributed by atoms with van der Waals surface area (Å²) in [4.78, 5) is 12.8. The summed E-state index contributed by atoms with van der Waals surface area (Å²) in [5.74, 6) is 1.79. The van der Waals surface area contributed by atoms with Crippen molar-refractivity contribution in [3.05, 3.63) is 0 Å². The van der Waals surface area contributed by atoms with Gasteiger partial charge in [0.25, 0.3) is 0 Å².